The van der Waals surface area contributed by atoms with E-state index in [0.717, 1.165) is 55.4 Å². The SMILES string of the molecule is COc1ccc(C23CCC(CN(C(=O)C4CCC(OC(=O)C5CC(O)C5)CC4)c4cc(-c5cnn(C(C)(C)C)c5)ccn4)(CC2)CC3)cc1C. The second-order valence-electron chi connectivity index (χ2n) is 16.9. The van der Waals surface area contributed by atoms with Crippen molar-refractivity contribution in [3.8, 4) is 16.9 Å². The topological polar surface area (TPSA) is 107 Å². The number of aryl methyl sites for hydroxylation is 1. The van der Waals surface area contributed by atoms with E-state index in [1.165, 1.54) is 11.1 Å². The summed E-state index contributed by atoms with van der Waals surface area (Å²) in [7, 11) is 1.73. The van der Waals surface area contributed by atoms with Gasteiger partial charge >= 0.3 is 5.97 Å². The normalized spacial score (nSPS) is 29.2. The lowest BCUT2D eigenvalue weighted by Crippen LogP contribution is -2.52. The number of benzene rings is 1. The van der Waals surface area contributed by atoms with Crippen LogP contribution in [0.1, 0.15) is 109 Å². The van der Waals surface area contributed by atoms with Crippen LogP contribution in [0.5, 0.6) is 5.75 Å². The number of aromatic nitrogens is 3. The van der Waals surface area contributed by atoms with Crippen molar-refractivity contribution < 1.29 is 24.2 Å². The first kappa shape index (κ1) is 34.7. The van der Waals surface area contributed by atoms with E-state index in [1.807, 2.05) is 28.0 Å². The lowest BCUT2D eigenvalue weighted by Gasteiger charge is -2.55. The third kappa shape index (κ3) is 6.82. The lowest BCUT2D eigenvalue weighted by molar-refractivity contribution is -0.163. The van der Waals surface area contributed by atoms with Crippen molar-refractivity contribution >= 4 is 17.7 Å². The number of carbonyl (C=O) groups is 2. The van der Waals surface area contributed by atoms with Gasteiger partial charge in [-0.2, -0.15) is 5.10 Å². The molecule has 1 N–H and O–H groups in total. The van der Waals surface area contributed by atoms with Crippen LogP contribution in [0, 0.1) is 24.2 Å². The lowest BCUT2D eigenvalue weighted by atomic mass is 9.51. The fourth-order valence-electron chi connectivity index (χ4n) is 9.02. The molecule has 268 valence electrons. The van der Waals surface area contributed by atoms with Crippen LogP contribution in [-0.4, -0.2) is 57.6 Å². The van der Waals surface area contributed by atoms with Crippen LogP contribution in [0.25, 0.3) is 11.1 Å². The summed E-state index contributed by atoms with van der Waals surface area (Å²) in [5.74, 6) is 1.24. The molecule has 1 amide bonds. The molecule has 9 heteroatoms. The van der Waals surface area contributed by atoms with Crippen LogP contribution in [0.15, 0.2) is 48.9 Å². The maximum Gasteiger partial charge on any atom is 0.309 e. The first-order valence-electron chi connectivity index (χ1n) is 18.7. The number of amides is 1. The summed E-state index contributed by atoms with van der Waals surface area (Å²) < 4.78 is 13.4. The molecule has 0 atom stereocenters. The summed E-state index contributed by atoms with van der Waals surface area (Å²) in [6.07, 6.45) is 15.6. The molecular formula is C41H54N4O5. The van der Waals surface area contributed by atoms with Crippen LogP contribution in [0.3, 0.4) is 0 Å². The van der Waals surface area contributed by atoms with Crippen molar-refractivity contribution in [1.29, 1.82) is 0 Å². The van der Waals surface area contributed by atoms with E-state index in [0.29, 0.717) is 50.9 Å². The quantitative estimate of drug-likeness (QED) is 0.233. The Morgan fingerprint density at radius 1 is 0.960 bits per heavy atom. The third-order valence-electron chi connectivity index (χ3n) is 12.5. The van der Waals surface area contributed by atoms with E-state index in [2.05, 4.69) is 63.3 Å². The molecule has 50 heavy (non-hydrogen) atoms. The van der Waals surface area contributed by atoms with Gasteiger partial charge < -0.3 is 14.6 Å². The van der Waals surface area contributed by atoms with E-state index in [4.69, 9.17) is 14.5 Å². The highest BCUT2D eigenvalue weighted by atomic mass is 16.5. The Balaban J connectivity index is 1.10. The Hall–Kier alpha value is -3.72. The Labute approximate surface area is 296 Å². The zero-order valence-electron chi connectivity index (χ0n) is 30.5. The molecule has 2 bridgehead atoms. The number of esters is 1. The molecule has 8 rings (SSSR count). The van der Waals surface area contributed by atoms with Crippen LogP contribution in [0.4, 0.5) is 5.82 Å². The van der Waals surface area contributed by atoms with Gasteiger partial charge in [0.2, 0.25) is 5.91 Å². The minimum atomic E-state index is -0.385. The predicted molar refractivity (Wildman–Crippen MR) is 193 cm³/mol. The average Bonchev–Trinajstić information content (AvgIpc) is 3.62. The minimum Gasteiger partial charge on any atom is -0.496 e. The number of hydrogen-bond donors (Lipinski definition) is 1. The third-order valence-corrected chi connectivity index (χ3v) is 12.5. The standard InChI is InChI=1S/C41H54N4O5/c1-27-20-32(8-11-35(27)49-5)41-16-13-40(14-17-41,15-18-41)26-44(36-23-29(12-19-42-36)31-24-43-45(25-31)39(2,3)4)37(47)28-6-9-34(10-7-28)50-38(48)30-21-33(46)22-30/h8,11-12,19-20,23-25,28,30,33-34,46H,6-7,9-10,13-18,21-22,26H2,1-5H3. The Bertz CT molecular complexity index is 1690. The monoisotopic (exact) mass is 682 g/mol. The van der Waals surface area contributed by atoms with Crippen molar-refractivity contribution in [2.24, 2.45) is 17.3 Å². The van der Waals surface area contributed by atoms with Gasteiger partial charge in [0.15, 0.2) is 0 Å². The molecule has 5 saturated carbocycles. The minimum absolute atomic E-state index is 0.0494. The summed E-state index contributed by atoms with van der Waals surface area (Å²) in [5.41, 5.74) is 4.71. The van der Waals surface area contributed by atoms with Gasteiger partial charge in [0.05, 0.1) is 30.9 Å². The highest BCUT2D eigenvalue weighted by Gasteiger charge is 2.51. The largest absolute Gasteiger partial charge is 0.496 e. The fraction of sp³-hybridized carbons (Fsp3) is 0.610. The molecule has 5 aliphatic rings. The van der Waals surface area contributed by atoms with Crippen LogP contribution in [0.2, 0.25) is 0 Å². The van der Waals surface area contributed by atoms with Gasteiger partial charge in [-0.3, -0.25) is 19.2 Å². The second-order valence-corrected chi connectivity index (χ2v) is 16.9. The molecule has 1 aromatic carbocycles. The van der Waals surface area contributed by atoms with Gasteiger partial charge in [-0.25, -0.2) is 4.98 Å². The molecule has 0 unspecified atom stereocenters. The number of hydrogen-bond acceptors (Lipinski definition) is 7. The number of aliphatic hydroxyl groups excluding tert-OH is 1. The number of aliphatic hydroxyl groups is 1. The van der Waals surface area contributed by atoms with Crippen molar-refractivity contribution in [3.63, 3.8) is 0 Å². The van der Waals surface area contributed by atoms with Crippen LogP contribution >= 0.6 is 0 Å². The number of carbonyl (C=O) groups excluding carboxylic acids is 2. The van der Waals surface area contributed by atoms with E-state index >= 15 is 0 Å². The number of anilines is 1. The molecular weight excluding hydrogens is 628 g/mol. The van der Waals surface area contributed by atoms with Gasteiger partial charge in [-0.1, -0.05) is 12.1 Å². The van der Waals surface area contributed by atoms with Gasteiger partial charge in [0.25, 0.3) is 0 Å². The van der Waals surface area contributed by atoms with E-state index < -0.39 is 0 Å². The summed E-state index contributed by atoms with van der Waals surface area (Å²) in [6, 6.07) is 10.8. The predicted octanol–water partition coefficient (Wildman–Crippen LogP) is 7.52. The summed E-state index contributed by atoms with van der Waals surface area (Å²) >= 11 is 0. The molecule has 3 aromatic rings. The van der Waals surface area contributed by atoms with Gasteiger partial charge in [0, 0.05) is 30.4 Å². The molecule has 0 spiro atoms. The molecule has 0 radical (unpaired) electrons. The molecule has 0 saturated heterocycles. The number of ether oxygens (including phenoxy) is 2. The molecule has 9 nitrogen and oxygen atoms in total. The van der Waals surface area contributed by atoms with Crippen molar-refractivity contribution in [3.05, 3.63) is 60.0 Å². The zero-order valence-corrected chi connectivity index (χ0v) is 30.5. The number of nitrogens with zero attached hydrogens (tertiary/aromatic N) is 4. The average molecular weight is 683 g/mol. The Kier molecular flexibility index (Phi) is 9.33. The Morgan fingerprint density at radius 3 is 2.26 bits per heavy atom. The van der Waals surface area contributed by atoms with E-state index in [-0.39, 0.29) is 52.3 Å². The first-order valence-corrected chi connectivity index (χ1v) is 18.7. The maximum atomic E-state index is 14.7. The highest BCUT2D eigenvalue weighted by molar-refractivity contribution is 5.95. The zero-order chi connectivity index (χ0) is 35.3. The van der Waals surface area contributed by atoms with Crippen molar-refractivity contribution in [2.75, 3.05) is 18.6 Å². The molecule has 5 aliphatic carbocycles. The van der Waals surface area contributed by atoms with E-state index in [9.17, 15) is 14.7 Å². The molecule has 0 aliphatic heterocycles. The Morgan fingerprint density at radius 2 is 1.66 bits per heavy atom. The highest BCUT2D eigenvalue weighted by Crippen LogP contribution is 2.58. The number of pyridine rings is 1. The van der Waals surface area contributed by atoms with Crippen molar-refractivity contribution in [1.82, 2.24) is 14.8 Å². The number of methoxy groups -OCH3 is 1. The van der Waals surface area contributed by atoms with Gasteiger partial charge in [0.1, 0.15) is 17.7 Å². The van der Waals surface area contributed by atoms with Gasteiger partial charge in [-0.05, 0) is 150 Å². The number of fused-ring (bicyclic) bond motifs is 3. The maximum absolute atomic E-state index is 14.7. The van der Waals surface area contributed by atoms with Crippen LogP contribution in [-0.2, 0) is 25.3 Å². The summed E-state index contributed by atoms with van der Waals surface area (Å²) in [5, 5.41) is 14.2. The summed E-state index contributed by atoms with van der Waals surface area (Å²) in [6.45, 7) is 9.19. The fourth-order valence-corrected chi connectivity index (χ4v) is 9.02. The van der Waals surface area contributed by atoms with Crippen molar-refractivity contribution in [2.45, 2.75) is 128 Å². The number of rotatable bonds is 9. The first-order chi connectivity index (χ1) is 23.9. The van der Waals surface area contributed by atoms with Crippen LogP contribution < -0.4 is 9.64 Å². The second kappa shape index (κ2) is 13.4. The molecule has 2 heterocycles. The smallest absolute Gasteiger partial charge is 0.309 e. The molecule has 2 aromatic heterocycles. The van der Waals surface area contributed by atoms with Gasteiger partial charge in [-0.15, -0.1) is 0 Å². The molecule has 5 fully saturated rings. The van der Waals surface area contributed by atoms with E-state index in [1.54, 1.807) is 7.11 Å². The summed E-state index contributed by atoms with van der Waals surface area (Å²) in [4.78, 5) is 34.1.